The third-order valence-electron chi connectivity index (χ3n) is 2.97. The van der Waals surface area contributed by atoms with Gasteiger partial charge in [-0.15, -0.1) is 0 Å². The van der Waals surface area contributed by atoms with Crippen LogP contribution in [0.25, 0.3) is 22.6 Å². The van der Waals surface area contributed by atoms with Crippen molar-refractivity contribution in [3.8, 4) is 11.5 Å². The molecule has 100 valence electrons. The number of amides is 1. The number of carbonyl (C=O) groups excluding carboxylic acids is 1. The number of aromatic nitrogens is 1. The molecule has 5 heteroatoms. The summed E-state index contributed by atoms with van der Waals surface area (Å²) in [6.45, 7) is 0. The highest BCUT2D eigenvalue weighted by Crippen LogP contribution is 2.25. The van der Waals surface area contributed by atoms with E-state index in [1.165, 1.54) is 0 Å². The molecule has 1 N–H and O–H groups in total. The molecule has 3 rings (SSSR count). The highest BCUT2D eigenvalue weighted by molar-refractivity contribution is 6.30. The van der Waals surface area contributed by atoms with Gasteiger partial charge >= 0.3 is 0 Å². The summed E-state index contributed by atoms with van der Waals surface area (Å²) < 4.78 is 5.68. The zero-order valence-electron chi connectivity index (χ0n) is 10.7. The van der Waals surface area contributed by atoms with Crippen LogP contribution in [0.15, 0.2) is 46.9 Å². The Bertz CT molecular complexity index is 778. The molecule has 4 nitrogen and oxygen atoms in total. The average molecular weight is 287 g/mol. The summed E-state index contributed by atoms with van der Waals surface area (Å²) in [5, 5.41) is 3.24. The first-order chi connectivity index (χ1) is 9.67. The van der Waals surface area contributed by atoms with E-state index in [4.69, 9.17) is 16.0 Å². The predicted molar refractivity (Wildman–Crippen MR) is 77.8 cm³/mol. The molecular formula is C15H11ClN2O2. The van der Waals surface area contributed by atoms with Crippen molar-refractivity contribution in [2.24, 2.45) is 0 Å². The molecule has 0 radical (unpaired) electrons. The van der Waals surface area contributed by atoms with Crippen molar-refractivity contribution < 1.29 is 9.21 Å². The Morgan fingerprint density at radius 3 is 2.65 bits per heavy atom. The number of nitrogens with one attached hydrogen (secondary N) is 1. The van der Waals surface area contributed by atoms with Crippen LogP contribution in [0, 0.1) is 0 Å². The zero-order valence-corrected chi connectivity index (χ0v) is 11.4. The minimum Gasteiger partial charge on any atom is -0.436 e. The van der Waals surface area contributed by atoms with Crippen molar-refractivity contribution in [1.82, 2.24) is 10.3 Å². The van der Waals surface area contributed by atoms with E-state index in [-0.39, 0.29) is 5.91 Å². The number of carbonyl (C=O) groups is 1. The quantitative estimate of drug-likeness (QED) is 0.784. The highest BCUT2D eigenvalue weighted by Gasteiger charge is 2.11. The molecule has 1 aromatic heterocycles. The second-order valence-corrected chi connectivity index (χ2v) is 4.72. The average Bonchev–Trinajstić information content (AvgIpc) is 2.90. The first-order valence-corrected chi connectivity index (χ1v) is 6.44. The van der Waals surface area contributed by atoms with Gasteiger partial charge in [0.05, 0.1) is 0 Å². The summed E-state index contributed by atoms with van der Waals surface area (Å²) in [7, 11) is 1.59. The van der Waals surface area contributed by atoms with E-state index < -0.39 is 0 Å². The number of rotatable bonds is 2. The molecule has 0 aliphatic carbocycles. The van der Waals surface area contributed by atoms with Crippen molar-refractivity contribution >= 4 is 28.6 Å². The summed E-state index contributed by atoms with van der Waals surface area (Å²) in [6.07, 6.45) is 0. The highest BCUT2D eigenvalue weighted by atomic mass is 35.5. The Morgan fingerprint density at radius 2 is 1.95 bits per heavy atom. The first-order valence-electron chi connectivity index (χ1n) is 6.06. The third kappa shape index (κ3) is 2.26. The maximum Gasteiger partial charge on any atom is 0.251 e. The number of hydrogen-bond acceptors (Lipinski definition) is 3. The van der Waals surface area contributed by atoms with E-state index in [2.05, 4.69) is 10.3 Å². The van der Waals surface area contributed by atoms with Crippen LogP contribution in [0.2, 0.25) is 5.02 Å². The van der Waals surface area contributed by atoms with Crippen molar-refractivity contribution in [1.29, 1.82) is 0 Å². The van der Waals surface area contributed by atoms with Crippen LogP contribution in [-0.2, 0) is 0 Å². The van der Waals surface area contributed by atoms with Gasteiger partial charge in [-0.2, -0.15) is 0 Å². The van der Waals surface area contributed by atoms with Gasteiger partial charge in [0.25, 0.3) is 5.91 Å². The summed E-state index contributed by atoms with van der Waals surface area (Å²) in [5.41, 5.74) is 2.68. The summed E-state index contributed by atoms with van der Waals surface area (Å²) in [5.74, 6) is 0.355. The van der Waals surface area contributed by atoms with E-state index in [0.29, 0.717) is 27.6 Å². The lowest BCUT2D eigenvalue weighted by molar-refractivity contribution is 0.0963. The molecule has 0 saturated carbocycles. The standard InChI is InChI=1S/C15H11ClN2O2/c1-17-14(19)10-4-7-13-12(8-10)18-15(20-13)9-2-5-11(16)6-3-9/h2-8H,1H3,(H,17,19). The van der Waals surface area contributed by atoms with Gasteiger partial charge in [-0.1, -0.05) is 11.6 Å². The van der Waals surface area contributed by atoms with Crippen LogP contribution in [-0.4, -0.2) is 17.9 Å². The second kappa shape index (κ2) is 4.98. The Morgan fingerprint density at radius 1 is 1.20 bits per heavy atom. The fourth-order valence-electron chi connectivity index (χ4n) is 1.93. The van der Waals surface area contributed by atoms with E-state index in [1.54, 1.807) is 37.4 Å². The molecular weight excluding hydrogens is 276 g/mol. The molecule has 0 spiro atoms. The fourth-order valence-corrected chi connectivity index (χ4v) is 2.05. The summed E-state index contributed by atoms with van der Waals surface area (Å²) >= 11 is 5.85. The van der Waals surface area contributed by atoms with Gasteiger partial charge in [0.2, 0.25) is 5.89 Å². The lowest BCUT2D eigenvalue weighted by atomic mass is 10.2. The minimum absolute atomic E-state index is 0.150. The normalized spacial score (nSPS) is 10.7. The maximum absolute atomic E-state index is 11.6. The van der Waals surface area contributed by atoms with Crippen LogP contribution >= 0.6 is 11.6 Å². The molecule has 0 bridgehead atoms. The van der Waals surface area contributed by atoms with Crippen LogP contribution in [0.5, 0.6) is 0 Å². The van der Waals surface area contributed by atoms with Gasteiger partial charge in [0, 0.05) is 23.2 Å². The lowest BCUT2D eigenvalue weighted by Crippen LogP contribution is -2.17. The topological polar surface area (TPSA) is 55.1 Å². The van der Waals surface area contributed by atoms with E-state index >= 15 is 0 Å². The third-order valence-corrected chi connectivity index (χ3v) is 3.22. The van der Waals surface area contributed by atoms with Crippen molar-refractivity contribution in [3.63, 3.8) is 0 Å². The molecule has 1 amide bonds. The zero-order chi connectivity index (χ0) is 14.1. The Labute approximate surface area is 120 Å². The van der Waals surface area contributed by atoms with E-state index in [9.17, 15) is 4.79 Å². The molecule has 0 unspecified atom stereocenters. The molecule has 3 aromatic rings. The first kappa shape index (κ1) is 12.7. The van der Waals surface area contributed by atoms with Crippen LogP contribution in [0.4, 0.5) is 0 Å². The van der Waals surface area contributed by atoms with Crippen molar-refractivity contribution in [2.45, 2.75) is 0 Å². The van der Waals surface area contributed by atoms with Gasteiger partial charge in [0.1, 0.15) is 5.52 Å². The Hall–Kier alpha value is -2.33. The Balaban J connectivity index is 2.06. The monoisotopic (exact) mass is 286 g/mol. The minimum atomic E-state index is -0.150. The Kier molecular flexibility index (Phi) is 3.16. The molecule has 0 aliphatic rings. The predicted octanol–water partition coefficient (Wildman–Crippen LogP) is 3.51. The van der Waals surface area contributed by atoms with Gasteiger partial charge in [-0.05, 0) is 42.5 Å². The number of hydrogen-bond donors (Lipinski definition) is 1. The lowest BCUT2D eigenvalue weighted by Gasteiger charge is -1.97. The number of nitrogens with zero attached hydrogens (tertiary/aromatic N) is 1. The number of benzene rings is 2. The molecule has 0 aliphatic heterocycles. The van der Waals surface area contributed by atoms with Crippen molar-refractivity contribution in [2.75, 3.05) is 7.05 Å². The molecule has 20 heavy (non-hydrogen) atoms. The number of fused-ring (bicyclic) bond motifs is 1. The molecule has 1 heterocycles. The fraction of sp³-hybridized carbons (Fsp3) is 0.0667. The van der Waals surface area contributed by atoms with E-state index in [0.717, 1.165) is 5.56 Å². The molecule has 0 atom stereocenters. The molecule has 0 fully saturated rings. The number of halogens is 1. The summed E-state index contributed by atoms with van der Waals surface area (Å²) in [4.78, 5) is 16.0. The number of oxazole rings is 1. The maximum atomic E-state index is 11.6. The molecule has 0 saturated heterocycles. The SMILES string of the molecule is CNC(=O)c1ccc2oc(-c3ccc(Cl)cc3)nc2c1. The van der Waals surface area contributed by atoms with Gasteiger partial charge in [0.15, 0.2) is 5.58 Å². The smallest absolute Gasteiger partial charge is 0.251 e. The van der Waals surface area contributed by atoms with Crippen LogP contribution in [0.3, 0.4) is 0 Å². The van der Waals surface area contributed by atoms with Crippen LogP contribution in [0.1, 0.15) is 10.4 Å². The van der Waals surface area contributed by atoms with Crippen molar-refractivity contribution in [3.05, 3.63) is 53.1 Å². The van der Waals surface area contributed by atoms with Crippen LogP contribution < -0.4 is 5.32 Å². The van der Waals surface area contributed by atoms with Gasteiger partial charge in [-0.3, -0.25) is 4.79 Å². The largest absolute Gasteiger partial charge is 0.436 e. The van der Waals surface area contributed by atoms with E-state index in [1.807, 2.05) is 12.1 Å². The molecule has 2 aromatic carbocycles. The van der Waals surface area contributed by atoms with Gasteiger partial charge in [-0.25, -0.2) is 4.98 Å². The van der Waals surface area contributed by atoms with Gasteiger partial charge < -0.3 is 9.73 Å². The second-order valence-electron chi connectivity index (χ2n) is 4.29. The summed E-state index contributed by atoms with van der Waals surface area (Å²) in [6, 6.07) is 12.4.